The quantitative estimate of drug-likeness (QED) is 0.733. The number of hydrogen-bond acceptors (Lipinski definition) is 2. The predicted molar refractivity (Wildman–Crippen MR) is 70.1 cm³/mol. The van der Waals surface area contributed by atoms with Crippen LogP contribution in [0.4, 0.5) is 13.2 Å². The fourth-order valence-electron chi connectivity index (χ4n) is 2.58. The van der Waals surface area contributed by atoms with Gasteiger partial charge >= 0.3 is 6.18 Å². The monoisotopic (exact) mass is 295 g/mol. The third-order valence-corrected chi connectivity index (χ3v) is 3.85. The van der Waals surface area contributed by atoms with Crippen LogP contribution in [0.15, 0.2) is 0 Å². The van der Waals surface area contributed by atoms with Crippen molar-refractivity contribution in [3.63, 3.8) is 0 Å². The highest BCUT2D eigenvalue weighted by atomic mass is 19.4. The normalized spacial score (nSPS) is 21.2. The number of unbranched alkanes of at least 4 members (excludes halogenated alkanes) is 4. The second kappa shape index (κ2) is 7.86. The summed E-state index contributed by atoms with van der Waals surface area (Å²) in [6, 6.07) is 0. The summed E-state index contributed by atoms with van der Waals surface area (Å²) in [6.07, 6.45) is -1.12. The molecule has 0 aromatic rings. The molecular formula is C14H24F3NO2. The summed E-state index contributed by atoms with van der Waals surface area (Å²) in [6.45, 7) is 2.46. The van der Waals surface area contributed by atoms with Crippen LogP contribution in [0, 0.1) is 5.92 Å². The second-order valence-electron chi connectivity index (χ2n) is 5.54. The lowest BCUT2D eigenvalue weighted by Crippen LogP contribution is -2.38. The van der Waals surface area contributed by atoms with Crippen LogP contribution < -0.4 is 0 Å². The van der Waals surface area contributed by atoms with Crippen molar-refractivity contribution in [1.82, 2.24) is 4.90 Å². The minimum absolute atomic E-state index is 0.0223. The Bertz CT molecular complexity index is 307. The van der Waals surface area contributed by atoms with Crippen molar-refractivity contribution in [2.75, 3.05) is 13.1 Å². The van der Waals surface area contributed by atoms with E-state index in [1.807, 2.05) is 0 Å². The number of alkyl halides is 3. The summed E-state index contributed by atoms with van der Waals surface area (Å²) in [5.41, 5.74) is 0. The van der Waals surface area contributed by atoms with Crippen molar-refractivity contribution in [2.45, 2.75) is 64.1 Å². The summed E-state index contributed by atoms with van der Waals surface area (Å²) in [5.74, 6) is -0.961. The topological polar surface area (TPSA) is 40.5 Å². The molecule has 20 heavy (non-hydrogen) atoms. The Morgan fingerprint density at radius 3 is 2.55 bits per heavy atom. The van der Waals surface area contributed by atoms with Gasteiger partial charge in [0.25, 0.3) is 0 Å². The summed E-state index contributed by atoms with van der Waals surface area (Å²) in [7, 11) is 0. The minimum atomic E-state index is -4.59. The zero-order valence-corrected chi connectivity index (χ0v) is 12.0. The molecule has 0 radical (unpaired) electrons. The Hall–Kier alpha value is -0.780. The van der Waals surface area contributed by atoms with Crippen LogP contribution in [0.25, 0.3) is 0 Å². The van der Waals surface area contributed by atoms with Crippen LogP contribution in [0.3, 0.4) is 0 Å². The lowest BCUT2D eigenvalue weighted by molar-refractivity contribution is -0.218. The van der Waals surface area contributed by atoms with Gasteiger partial charge < -0.3 is 10.0 Å². The maximum absolute atomic E-state index is 12.4. The number of amides is 1. The number of carbonyl (C=O) groups is 1. The molecule has 0 aliphatic carbocycles. The standard InChI is InChI=1S/C14H24F3NO2/c1-2-3-4-5-6-7-12(19)18-9-8-11(10-18)13(20)14(15,16)17/h11,13,20H,2-10H2,1H3/t11-,13+/m1/s1. The smallest absolute Gasteiger partial charge is 0.383 e. The molecule has 3 nitrogen and oxygen atoms in total. The molecular weight excluding hydrogens is 271 g/mol. The van der Waals surface area contributed by atoms with Gasteiger partial charge in [-0.25, -0.2) is 0 Å². The highest BCUT2D eigenvalue weighted by Gasteiger charge is 2.46. The molecule has 0 spiro atoms. The number of halogens is 3. The van der Waals surface area contributed by atoms with Gasteiger partial charge in [-0.1, -0.05) is 32.6 Å². The van der Waals surface area contributed by atoms with Crippen molar-refractivity contribution in [3.8, 4) is 0 Å². The summed E-state index contributed by atoms with van der Waals surface area (Å²) >= 11 is 0. The highest BCUT2D eigenvalue weighted by molar-refractivity contribution is 5.76. The van der Waals surface area contributed by atoms with Gasteiger partial charge in [-0.05, 0) is 12.8 Å². The molecule has 0 bridgehead atoms. The maximum atomic E-state index is 12.4. The molecule has 1 rings (SSSR count). The first-order valence-electron chi connectivity index (χ1n) is 7.38. The Morgan fingerprint density at radius 2 is 1.95 bits per heavy atom. The summed E-state index contributed by atoms with van der Waals surface area (Å²) < 4.78 is 37.2. The molecule has 6 heteroatoms. The lowest BCUT2D eigenvalue weighted by Gasteiger charge is -2.21. The molecule has 1 aliphatic rings. The SMILES string of the molecule is CCCCCCCC(=O)N1CC[C@@H]([C@H](O)C(F)(F)F)C1. The zero-order chi connectivity index (χ0) is 15.2. The van der Waals surface area contributed by atoms with Crippen molar-refractivity contribution in [2.24, 2.45) is 5.92 Å². The first-order chi connectivity index (χ1) is 9.36. The number of aliphatic hydroxyl groups is 1. The molecule has 1 aliphatic heterocycles. The van der Waals surface area contributed by atoms with Gasteiger partial charge in [-0.3, -0.25) is 4.79 Å². The molecule has 1 amide bonds. The van der Waals surface area contributed by atoms with Crippen LogP contribution in [0.5, 0.6) is 0 Å². The first-order valence-corrected chi connectivity index (χ1v) is 7.38. The van der Waals surface area contributed by atoms with Gasteiger partial charge in [0, 0.05) is 25.4 Å². The Kier molecular flexibility index (Phi) is 6.79. The molecule has 0 unspecified atom stereocenters. The van der Waals surface area contributed by atoms with Crippen molar-refractivity contribution >= 4 is 5.91 Å². The average molecular weight is 295 g/mol. The minimum Gasteiger partial charge on any atom is -0.383 e. The van der Waals surface area contributed by atoms with E-state index in [1.165, 1.54) is 4.90 Å². The number of aliphatic hydroxyl groups excluding tert-OH is 1. The van der Waals surface area contributed by atoms with Gasteiger partial charge in [0.15, 0.2) is 6.10 Å². The lowest BCUT2D eigenvalue weighted by atomic mass is 10.0. The van der Waals surface area contributed by atoms with Crippen LogP contribution in [-0.2, 0) is 4.79 Å². The van der Waals surface area contributed by atoms with E-state index >= 15 is 0 Å². The number of carbonyl (C=O) groups excluding carboxylic acids is 1. The zero-order valence-electron chi connectivity index (χ0n) is 12.0. The molecule has 2 atom stereocenters. The molecule has 118 valence electrons. The summed E-state index contributed by atoms with van der Waals surface area (Å²) in [5, 5.41) is 9.20. The van der Waals surface area contributed by atoms with Crippen molar-refractivity contribution < 1.29 is 23.1 Å². The predicted octanol–water partition coefficient (Wildman–Crippen LogP) is 3.12. The summed E-state index contributed by atoms with van der Waals surface area (Å²) in [4.78, 5) is 13.3. The van der Waals surface area contributed by atoms with Gasteiger partial charge in [-0.2, -0.15) is 13.2 Å². The third-order valence-electron chi connectivity index (χ3n) is 3.85. The largest absolute Gasteiger partial charge is 0.414 e. The van der Waals surface area contributed by atoms with Crippen molar-refractivity contribution in [1.29, 1.82) is 0 Å². The maximum Gasteiger partial charge on any atom is 0.414 e. The third kappa shape index (κ3) is 5.31. The van der Waals surface area contributed by atoms with Crippen LogP contribution >= 0.6 is 0 Å². The van der Waals surface area contributed by atoms with E-state index in [0.717, 1.165) is 32.1 Å². The van der Waals surface area contributed by atoms with Crippen LogP contribution in [0.1, 0.15) is 51.9 Å². The first kappa shape index (κ1) is 17.3. The second-order valence-corrected chi connectivity index (χ2v) is 5.54. The average Bonchev–Trinajstić information content (AvgIpc) is 2.85. The number of rotatable bonds is 7. The molecule has 1 saturated heterocycles. The number of nitrogens with zero attached hydrogens (tertiary/aromatic N) is 1. The fraction of sp³-hybridized carbons (Fsp3) is 0.929. The van der Waals surface area contributed by atoms with E-state index < -0.39 is 18.2 Å². The van der Waals surface area contributed by atoms with E-state index in [2.05, 4.69) is 6.92 Å². The van der Waals surface area contributed by atoms with E-state index in [-0.39, 0.29) is 18.9 Å². The Balaban J connectivity index is 2.27. The van der Waals surface area contributed by atoms with Gasteiger partial charge in [-0.15, -0.1) is 0 Å². The van der Waals surface area contributed by atoms with Crippen LogP contribution in [-0.4, -0.2) is 41.3 Å². The van der Waals surface area contributed by atoms with Gasteiger partial charge in [0.2, 0.25) is 5.91 Å². The Labute approximate surface area is 118 Å². The Morgan fingerprint density at radius 1 is 1.30 bits per heavy atom. The molecule has 0 saturated carbocycles. The number of likely N-dealkylation sites (tertiary alicyclic amines) is 1. The highest BCUT2D eigenvalue weighted by Crippen LogP contribution is 2.31. The molecule has 1 N–H and O–H groups in total. The van der Waals surface area contributed by atoms with E-state index in [0.29, 0.717) is 13.0 Å². The molecule has 0 aromatic heterocycles. The molecule has 1 heterocycles. The van der Waals surface area contributed by atoms with E-state index in [1.54, 1.807) is 0 Å². The van der Waals surface area contributed by atoms with Gasteiger partial charge in [0.05, 0.1) is 0 Å². The van der Waals surface area contributed by atoms with Crippen LogP contribution in [0.2, 0.25) is 0 Å². The van der Waals surface area contributed by atoms with E-state index in [4.69, 9.17) is 0 Å². The number of hydrogen-bond donors (Lipinski definition) is 1. The van der Waals surface area contributed by atoms with E-state index in [9.17, 15) is 23.1 Å². The fourth-order valence-corrected chi connectivity index (χ4v) is 2.58. The van der Waals surface area contributed by atoms with Crippen molar-refractivity contribution in [3.05, 3.63) is 0 Å². The molecule has 0 aromatic carbocycles. The molecule has 1 fully saturated rings. The van der Waals surface area contributed by atoms with Gasteiger partial charge in [0.1, 0.15) is 0 Å².